The summed E-state index contributed by atoms with van der Waals surface area (Å²) >= 11 is 0. The van der Waals surface area contributed by atoms with Crippen molar-refractivity contribution < 1.29 is 29.3 Å². The molecule has 3 rings (SSSR count). The van der Waals surface area contributed by atoms with Crippen molar-refractivity contribution >= 4 is 23.6 Å². The second kappa shape index (κ2) is 16.2. The fourth-order valence-corrected chi connectivity index (χ4v) is 5.35. The smallest absolute Gasteiger partial charge is 0.408 e. The number of alkyl carbamates (subject to hydrolysis) is 1. The number of aryl methyl sites for hydroxylation is 3. The second-order valence-electron chi connectivity index (χ2n) is 12.8. The minimum atomic E-state index is -1.21. The summed E-state index contributed by atoms with van der Waals surface area (Å²) in [5, 5.41) is 26.9. The standard InChI is InChI=1S/C37H49N3O6/c1-8-9-10-11-22-40(35(44)30(38-36(45)46-37(5,6)7)23-27-18-20-28(41)21-19-27)32(29-17-13-16-26(4)33(29)42)34(43)39-31-24(2)14-12-15-25(31)3/h12-21,30,32,41-42H,8-11,22-23H2,1-7H3,(H,38,45)(H,39,43). The Balaban J connectivity index is 2.15. The molecule has 9 heteroatoms. The highest BCUT2D eigenvalue weighted by molar-refractivity contribution is 6.00. The number of aromatic hydroxyl groups is 2. The van der Waals surface area contributed by atoms with Crippen molar-refractivity contribution in [2.45, 2.75) is 98.3 Å². The van der Waals surface area contributed by atoms with Crippen LogP contribution in [0.4, 0.5) is 10.5 Å². The molecule has 3 amide bonds. The summed E-state index contributed by atoms with van der Waals surface area (Å²) < 4.78 is 5.52. The van der Waals surface area contributed by atoms with E-state index in [2.05, 4.69) is 17.6 Å². The van der Waals surface area contributed by atoms with Crippen LogP contribution < -0.4 is 10.6 Å². The summed E-state index contributed by atoms with van der Waals surface area (Å²) in [6, 6.07) is 14.9. The molecule has 248 valence electrons. The monoisotopic (exact) mass is 631 g/mol. The first kappa shape index (κ1) is 35.9. The quantitative estimate of drug-likeness (QED) is 0.147. The summed E-state index contributed by atoms with van der Waals surface area (Å²) in [6.07, 6.45) is 2.67. The van der Waals surface area contributed by atoms with E-state index in [0.29, 0.717) is 23.2 Å². The maximum absolute atomic E-state index is 14.7. The molecule has 9 nitrogen and oxygen atoms in total. The van der Waals surface area contributed by atoms with Crippen LogP contribution in [0.1, 0.15) is 87.2 Å². The highest BCUT2D eigenvalue weighted by Gasteiger charge is 2.38. The fraction of sp³-hybridized carbons (Fsp3) is 0.432. The first-order valence-electron chi connectivity index (χ1n) is 15.9. The molecule has 3 aromatic carbocycles. The molecule has 0 bridgehead atoms. The molecule has 0 radical (unpaired) electrons. The van der Waals surface area contributed by atoms with E-state index in [9.17, 15) is 24.6 Å². The second-order valence-corrected chi connectivity index (χ2v) is 12.8. The van der Waals surface area contributed by atoms with Crippen molar-refractivity contribution in [3.8, 4) is 11.5 Å². The van der Waals surface area contributed by atoms with Crippen molar-refractivity contribution in [3.63, 3.8) is 0 Å². The summed E-state index contributed by atoms with van der Waals surface area (Å²) in [4.78, 5) is 43.6. The number of amides is 3. The number of nitrogens with zero attached hydrogens (tertiary/aromatic N) is 1. The molecular weight excluding hydrogens is 582 g/mol. The predicted molar refractivity (Wildman–Crippen MR) is 181 cm³/mol. The highest BCUT2D eigenvalue weighted by atomic mass is 16.6. The van der Waals surface area contributed by atoms with Gasteiger partial charge in [0, 0.05) is 24.2 Å². The molecule has 2 atom stereocenters. The zero-order chi connectivity index (χ0) is 34.0. The number of carbonyl (C=O) groups excluding carboxylic acids is 3. The number of hydrogen-bond donors (Lipinski definition) is 4. The van der Waals surface area contributed by atoms with Crippen molar-refractivity contribution in [3.05, 3.63) is 88.5 Å². The SMILES string of the molecule is CCCCCCN(C(=O)C(Cc1ccc(O)cc1)NC(=O)OC(C)(C)C)C(C(=O)Nc1c(C)cccc1C)c1cccc(C)c1O. The lowest BCUT2D eigenvalue weighted by atomic mass is 9.97. The molecule has 2 unspecified atom stereocenters. The van der Waals surface area contributed by atoms with Crippen molar-refractivity contribution in [2.75, 3.05) is 11.9 Å². The third-order valence-corrected chi connectivity index (χ3v) is 7.75. The first-order chi connectivity index (χ1) is 21.7. The Bertz CT molecular complexity index is 1480. The molecule has 0 heterocycles. The van der Waals surface area contributed by atoms with Gasteiger partial charge in [0.2, 0.25) is 5.91 Å². The van der Waals surface area contributed by atoms with Crippen LogP contribution in [0.25, 0.3) is 0 Å². The molecule has 0 aliphatic carbocycles. The number of phenolic OH excluding ortho intramolecular Hbond substituents is 2. The number of rotatable bonds is 13. The number of hydrogen-bond acceptors (Lipinski definition) is 6. The number of benzene rings is 3. The summed E-state index contributed by atoms with van der Waals surface area (Å²) in [5.41, 5.74) is 3.08. The van der Waals surface area contributed by atoms with Gasteiger partial charge >= 0.3 is 6.09 Å². The predicted octanol–water partition coefficient (Wildman–Crippen LogP) is 7.25. The largest absolute Gasteiger partial charge is 0.508 e. The van der Waals surface area contributed by atoms with Crippen molar-refractivity contribution in [1.82, 2.24) is 10.2 Å². The van der Waals surface area contributed by atoms with Gasteiger partial charge in [-0.2, -0.15) is 0 Å². The van der Waals surface area contributed by atoms with Crippen LogP contribution >= 0.6 is 0 Å². The van der Waals surface area contributed by atoms with Gasteiger partial charge in [0.1, 0.15) is 29.2 Å². The third-order valence-electron chi connectivity index (χ3n) is 7.75. The van der Waals surface area contributed by atoms with Crippen LogP contribution in [0.15, 0.2) is 60.7 Å². The van der Waals surface area contributed by atoms with Crippen LogP contribution in [-0.2, 0) is 20.7 Å². The molecule has 0 aromatic heterocycles. The van der Waals surface area contributed by atoms with E-state index in [1.807, 2.05) is 32.0 Å². The van der Waals surface area contributed by atoms with Gasteiger partial charge in [0.25, 0.3) is 5.91 Å². The third kappa shape index (κ3) is 9.99. The number of carbonyl (C=O) groups is 3. The maximum atomic E-state index is 14.7. The van der Waals surface area contributed by atoms with Gasteiger partial charge in [0.05, 0.1) is 0 Å². The Morgan fingerprint density at radius 2 is 1.46 bits per heavy atom. The van der Waals surface area contributed by atoms with E-state index in [1.165, 1.54) is 17.0 Å². The van der Waals surface area contributed by atoms with Crippen LogP contribution in [0, 0.1) is 20.8 Å². The molecule has 3 aromatic rings. The number of anilines is 1. The Kier molecular flexibility index (Phi) is 12.6. The zero-order valence-corrected chi connectivity index (χ0v) is 28.1. The van der Waals surface area contributed by atoms with Crippen LogP contribution in [-0.4, -0.2) is 51.2 Å². The Hall–Kier alpha value is -4.53. The van der Waals surface area contributed by atoms with Gasteiger partial charge in [-0.15, -0.1) is 0 Å². The Morgan fingerprint density at radius 3 is 2.07 bits per heavy atom. The number of unbranched alkanes of at least 4 members (excludes halogenated alkanes) is 3. The van der Waals surface area contributed by atoms with Crippen LogP contribution in [0.5, 0.6) is 11.5 Å². The molecule has 46 heavy (non-hydrogen) atoms. The average Bonchev–Trinajstić information content (AvgIpc) is 2.98. The molecule has 0 aliphatic heterocycles. The summed E-state index contributed by atoms with van der Waals surface area (Å²) in [5.74, 6) is -0.992. The van der Waals surface area contributed by atoms with E-state index in [4.69, 9.17) is 4.74 Å². The van der Waals surface area contributed by atoms with E-state index in [0.717, 1.165) is 30.4 Å². The molecular formula is C37H49N3O6. The molecule has 0 aliphatic rings. The average molecular weight is 632 g/mol. The topological polar surface area (TPSA) is 128 Å². The first-order valence-corrected chi connectivity index (χ1v) is 15.9. The van der Waals surface area contributed by atoms with Crippen molar-refractivity contribution in [1.29, 1.82) is 0 Å². The summed E-state index contributed by atoms with van der Waals surface area (Å²) in [6.45, 7) is 13.0. The lowest BCUT2D eigenvalue weighted by Crippen LogP contribution is -2.53. The Labute approximate surface area is 273 Å². The van der Waals surface area contributed by atoms with Gasteiger partial charge in [-0.1, -0.05) is 74.7 Å². The lowest BCUT2D eigenvalue weighted by Gasteiger charge is -2.35. The van der Waals surface area contributed by atoms with Crippen molar-refractivity contribution in [2.24, 2.45) is 0 Å². The minimum absolute atomic E-state index is 0.0717. The van der Waals surface area contributed by atoms with Gasteiger partial charge in [-0.25, -0.2) is 4.79 Å². The summed E-state index contributed by atoms with van der Waals surface area (Å²) in [7, 11) is 0. The molecule has 0 fully saturated rings. The van der Waals surface area contributed by atoms with Gasteiger partial charge < -0.3 is 30.5 Å². The van der Waals surface area contributed by atoms with E-state index < -0.39 is 35.6 Å². The number of nitrogens with one attached hydrogen (secondary N) is 2. The van der Waals surface area contributed by atoms with Crippen LogP contribution in [0.2, 0.25) is 0 Å². The number of ether oxygens (including phenoxy) is 1. The minimum Gasteiger partial charge on any atom is -0.508 e. The van der Waals surface area contributed by atoms with Crippen LogP contribution in [0.3, 0.4) is 0 Å². The number of para-hydroxylation sites is 2. The number of phenols is 2. The van der Waals surface area contributed by atoms with Gasteiger partial charge in [-0.3, -0.25) is 9.59 Å². The molecule has 4 N–H and O–H groups in total. The molecule has 0 saturated carbocycles. The lowest BCUT2D eigenvalue weighted by molar-refractivity contribution is -0.141. The molecule has 0 spiro atoms. The highest BCUT2D eigenvalue weighted by Crippen LogP contribution is 2.34. The zero-order valence-electron chi connectivity index (χ0n) is 28.1. The maximum Gasteiger partial charge on any atom is 0.408 e. The van der Waals surface area contributed by atoms with E-state index in [-0.39, 0.29) is 30.0 Å². The van der Waals surface area contributed by atoms with Gasteiger partial charge in [-0.05, 0) is 82.3 Å². The normalized spacial score (nSPS) is 12.6. The fourth-order valence-electron chi connectivity index (χ4n) is 5.35. The Morgan fingerprint density at radius 1 is 0.848 bits per heavy atom. The van der Waals surface area contributed by atoms with Gasteiger partial charge in [0.15, 0.2) is 0 Å². The van der Waals surface area contributed by atoms with E-state index >= 15 is 0 Å². The van der Waals surface area contributed by atoms with E-state index in [1.54, 1.807) is 58.0 Å². The molecule has 0 saturated heterocycles.